The molecule has 0 fully saturated rings. The van der Waals surface area contributed by atoms with Gasteiger partial charge in [0.2, 0.25) is 0 Å². The monoisotopic (exact) mass is 794 g/mol. The molecule has 8 bridgehead atoms. The number of fused-ring (bicyclic) bond motifs is 8. The zero-order valence-electron chi connectivity index (χ0n) is 36.3. The molecule has 10 heteroatoms. The molecule has 58 heavy (non-hydrogen) atoms. The second kappa shape index (κ2) is 18.6. The number of non-ortho nitro benzene ring substituents is 2. The van der Waals surface area contributed by atoms with Crippen LogP contribution >= 0.6 is 0 Å². The molecule has 4 aromatic carbocycles. The van der Waals surface area contributed by atoms with Crippen LogP contribution in [0.2, 0.25) is 0 Å². The quantitative estimate of drug-likeness (QED) is 0.0804. The molecule has 10 nitrogen and oxygen atoms in total. The SMILES string of the molecule is CCCOc1c2cc([N+](=O)[O-])cc1Cc1cc(C(C)(C)C)cc(c1OCCC)Cc1cc(C(C)(C)C)cc(c1OCCC)Cc1cc([N+](=O)[O-])cc(c1OCCC)C2. The van der Waals surface area contributed by atoms with Crippen molar-refractivity contribution in [2.75, 3.05) is 26.4 Å². The van der Waals surface area contributed by atoms with Gasteiger partial charge < -0.3 is 18.9 Å². The van der Waals surface area contributed by atoms with Gasteiger partial charge in [0.25, 0.3) is 11.4 Å². The topological polar surface area (TPSA) is 123 Å². The van der Waals surface area contributed by atoms with Crippen molar-refractivity contribution in [3.05, 3.63) is 124 Å². The van der Waals surface area contributed by atoms with Crippen LogP contribution in [0.4, 0.5) is 11.4 Å². The van der Waals surface area contributed by atoms with Crippen molar-refractivity contribution < 1.29 is 28.8 Å². The minimum Gasteiger partial charge on any atom is -0.493 e. The average molecular weight is 795 g/mol. The summed E-state index contributed by atoms with van der Waals surface area (Å²) in [6, 6.07) is 15.1. The molecule has 0 spiro atoms. The fourth-order valence-corrected chi connectivity index (χ4v) is 7.49. The van der Waals surface area contributed by atoms with Gasteiger partial charge in [0.05, 0.1) is 36.3 Å². The molecule has 0 amide bonds. The Bertz CT molecular complexity index is 1980. The standard InChI is InChI=1S/C48H62N2O8/c1-11-15-55-43-31-19-32-24-40(48(8,9)10)26-34(44(32)56-16-12-2)21-36-28-42(50(53)54)30-38(46(36)58-18-14-4)22-37-29-41(49(51)52)27-35(45(37)57-17-13-3)20-33(43)25-39(23-31)47(5,6)7/h23-30H,11-22H2,1-10H3. The number of rotatable bonds is 14. The Morgan fingerprint density at radius 3 is 0.810 bits per heavy atom. The van der Waals surface area contributed by atoms with E-state index in [0.717, 1.165) is 57.7 Å². The highest BCUT2D eigenvalue weighted by molar-refractivity contribution is 5.61. The van der Waals surface area contributed by atoms with E-state index in [1.54, 1.807) is 24.3 Å². The van der Waals surface area contributed by atoms with Crippen LogP contribution in [0.25, 0.3) is 0 Å². The van der Waals surface area contributed by atoms with E-state index < -0.39 is 0 Å². The summed E-state index contributed by atoms with van der Waals surface area (Å²) in [4.78, 5) is 24.5. The molecule has 0 atom stereocenters. The number of hydrogen-bond acceptors (Lipinski definition) is 8. The van der Waals surface area contributed by atoms with Crippen LogP contribution in [0.1, 0.15) is 151 Å². The van der Waals surface area contributed by atoms with Gasteiger partial charge in [-0.3, -0.25) is 20.2 Å². The van der Waals surface area contributed by atoms with Crippen molar-refractivity contribution >= 4 is 11.4 Å². The third-order valence-corrected chi connectivity index (χ3v) is 10.4. The highest BCUT2D eigenvalue weighted by Gasteiger charge is 2.29. The summed E-state index contributed by atoms with van der Waals surface area (Å²) in [6.45, 7) is 23.1. The van der Waals surface area contributed by atoms with Crippen LogP contribution in [-0.4, -0.2) is 36.3 Å². The lowest BCUT2D eigenvalue weighted by Crippen LogP contribution is -2.16. The van der Waals surface area contributed by atoms with Crippen LogP contribution < -0.4 is 18.9 Å². The minimum atomic E-state index is -0.384. The van der Waals surface area contributed by atoms with E-state index in [0.29, 0.717) is 92.3 Å². The number of nitrogens with zero attached hydrogens (tertiary/aromatic N) is 2. The summed E-state index contributed by atoms with van der Waals surface area (Å²) in [7, 11) is 0. The number of hydrogen-bond donors (Lipinski definition) is 0. The Morgan fingerprint density at radius 1 is 0.431 bits per heavy atom. The van der Waals surface area contributed by atoms with Crippen LogP contribution in [0.15, 0.2) is 48.5 Å². The van der Waals surface area contributed by atoms with Crippen LogP contribution in [-0.2, 0) is 36.5 Å². The maximum Gasteiger partial charge on any atom is 0.270 e. The fourth-order valence-electron chi connectivity index (χ4n) is 7.49. The average Bonchev–Trinajstić information content (AvgIpc) is 3.15. The first kappa shape index (κ1) is 44.0. The Hall–Kier alpha value is -5.12. The molecule has 0 unspecified atom stereocenters. The summed E-state index contributed by atoms with van der Waals surface area (Å²) in [5, 5.41) is 25.3. The number of nitro groups is 2. The summed E-state index contributed by atoms with van der Waals surface area (Å²) in [5.41, 5.74) is 7.83. The van der Waals surface area contributed by atoms with Gasteiger partial charge in [-0.05, 0) is 69.9 Å². The lowest BCUT2D eigenvalue weighted by atomic mass is 9.81. The summed E-state index contributed by atoms with van der Waals surface area (Å²) in [5.74, 6) is 2.59. The van der Waals surface area contributed by atoms with E-state index in [9.17, 15) is 20.2 Å². The van der Waals surface area contributed by atoms with E-state index in [1.807, 2.05) is 13.8 Å². The van der Waals surface area contributed by atoms with Gasteiger partial charge >= 0.3 is 0 Å². The molecule has 312 valence electrons. The van der Waals surface area contributed by atoms with E-state index in [2.05, 4.69) is 79.7 Å². The third kappa shape index (κ3) is 10.3. The fraction of sp³-hybridized carbons (Fsp3) is 0.500. The van der Waals surface area contributed by atoms with Gasteiger partial charge in [0.1, 0.15) is 23.0 Å². The third-order valence-electron chi connectivity index (χ3n) is 10.4. The molecule has 0 N–H and O–H groups in total. The van der Waals surface area contributed by atoms with Crippen LogP contribution in [0.3, 0.4) is 0 Å². The van der Waals surface area contributed by atoms with E-state index >= 15 is 0 Å². The van der Waals surface area contributed by atoms with Gasteiger partial charge in [-0.2, -0.15) is 0 Å². The molecule has 0 aliphatic heterocycles. The van der Waals surface area contributed by atoms with Gasteiger partial charge in [-0.1, -0.05) is 93.5 Å². The van der Waals surface area contributed by atoms with Crippen molar-refractivity contribution in [1.29, 1.82) is 0 Å². The molecule has 5 rings (SSSR count). The van der Waals surface area contributed by atoms with Crippen molar-refractivity contribution in [2.24, 2.45) is 0 Å². The molecule has 1 aliphatic rings. The maximum absolute atomic E-state index is 12.6. The highest BCUT2D eigenvalue weighted by Crippen LogP contribution is 2.44. The Morgan fingerprint density at radius 2 is 0.638 bits per heavy atom. The lowest BCUT2D eigenvalue weighted by Gasteiger charge is -2.27. The summed E-state index contributed by atoms with van der Waals surface area (Å²) in [6.07, 6.45) is 4.23. The van der Waals surface area contributed by atoms with Crippen molar-refractivity contribution in [2.45, 2.75) is 131 Å². The summed E-state index contributed by atoms with van der Waals surface area (Å²) >= 11 is 0. The molecular formula is C48H62N2O8. The number of ether oxygens (including phenoxy) is 4. The van der Waals surface area contributed by atoms with Gasteiger partial charge in [-0.25, -0.2) is 0 Å². The molecule has 4 aromatic rings. The lowest BCUT2D eigenvalue weighted by molar-refractivity contribution is -0.385. The van der Waals surface area contributed by atoms with Gasteiger partial charge in [0, 0.05) is 72.2 Å². The predicted molar refractivity (Wildman–Crippen MR) is 231 cm³/mol. The molecule has 0 aromatic heterocycles. The van der Waals surface area contributed by atoms with Crippen LogP contribution in [0.5, 0.6) is 23.0 Å². The first-order valence-electron chi connectivity index (χ1n) is 20.9. The zero-order valence-corrected chi connectivity index (χ0v) is 36.3. The molecular weight excluding hydrogens is 733 g/mol. The first-order valence-corrected chi connectivity index (χ1v) is 20.9. The Kier molecular flexibility index (Phi) is 14.1. The first-order chi connectivity index (χ1) is 27.5. The zero-order chi connectivity index (χ0) is 42.4. The van der Waals surface area contributed by atoms with Crippen molar-refractivity contribution in [3.63, 3.8) is 0 Å². The predicted octanol–water partition coefficient (Wildman–Crippen LogP) is 11.9. The maximum atomic E-state index is 12.6. The number of nitro benzene ring substituents is 2. The number of benzene rings is 4. The van der Waals surface area contributed by atoms with Crippen molar-refractivity contribution in [3.8, 4) is 23.0 Å². The largest absolute Gasteiger partial charge is 0.493 e. The van der Waals surface area contributed by atoms with E-state index in [4.69, 9.17) is 18.9 Å². The van der Waals surface area contributed by atoms with Gasteiger partial charge in [-0.15, -0.1) is 0 Å². The molecule has 0 saturated carbocycles. The summed E-state index contributed by atoms with van der Waals surface area (Å²) < 4.78 is 26.5. The Balaban J connectivity index is 1.99. The smallest absolute Gasteiger partial charge is 0.270 e. The van der Waals surface area contributed by atoms with Gasteiger partial charge in [0.15, 0.2) is 0 Å². The van der Waals surface area contributed by atoms with Crippen molar-refractivity contribution in [1.82, 2.24) is 0 Å². The molecule has 0 heterocycles. The highest BCUT2D eigenvalue weighted by atomic mass is 16.6. The Labute approximate surface area is 344 Å². The molecule has 0 saturated heterocycles. The minimum absolute atomic E-state index is 0.0812. The second-order valence-electron chi connectivity index (χ2n) is 17.5. The van der Waals surface area contributed by atoms with Crippen LogP contribution in [0, 0.1) is 20.2 Å². The molecule has 0 radical (unpaired) electrons. The normalized spacial score (nSPS) is 12.9. The second-order valence-corrected chi connectivity index (χ2v) is 17.5. The molecule has 1 aliphatic carbocycles. The van der Waals surface area contributed by atoms with E-state index in [1.165, 1.54) is 0 Å². The van der Waals surface area contributed by atoms with E-state index in [-0.39, 0.29) is 38.5 Å².